The van der Waals surface area contributed by atoms with Crippen LogP contribution in [0.25, 0.3) is 22.1 Å². The minimum Gasteiger partial charge on any atom is -0.491 e. The smallest absolute Gasteiger partial charge is 0.310 e. The van der Waals surface area contributed by atoms with Crippen molar-refractivity contribution in [2.45, 2.75) is 45.3 Å². The molecule has 0 bridgehead atoms. The van der Waals surface area contributed by atoms with Crippen LogP contribution in [0.3, 0.4) is 0 Å². The second-order valence-corrected chi connectivity index (χ2v) is 13.2. The molecule has 1 fully saturated rings. The maximum Gasteiger partial charge on any atom is 0.310 e. The predicted octanol–water partition coefficient (Wildman–Crippen LogP) is 5.36. The Balaban J connectivity index is 1.25. The number of benzene rings is 3. The van der Waals surface area contributed by atoms with Crippen molar-refractivity contribution < 1.29 is 32.2 Å². The van der Waals surface area contributed by atoms with Gasteiger partial charge in [0.15, 0.2) is 9.84 Å². The number of aryl methyl sites for hydroxylation is 2. The Bertz CT molecular complexity index is 1650. The fourth-order valence-corrected chi connectivity index (χ4v) is 6.93. The summed E-state index contributed by atoms with van der Waals surface area (Å²) in [7, 11) is -1.69. The number of anilines is 1. The van der Waals surface area contributed by atoms with Crippen LogP contribution in [0, 0.1) is 13.8 Å². The maximum absolute atomic E-state index is 11.7. The molecular weight excluding hydrogens is 542 g/mol. The maximum atomic E-state index is 11.7. The van der Waals surface area contributed by atoms with Crippen molar-refractivity contribution in [1.29, 1.82) is 0 Å². The number of aliphatic hydroxyl groups is 1. The topological polar surface area (TPSA) is 115 Å². The van der Waals surface area contributed by atoms with E-state index in [1.54, 1.807) is 6.26 Å². The lowest BCUT2D eigenvalue weighted by Crippen LogP contribution is -2.43. The lowest BCUT2D eigenvalue weighted by atomic mass is 9.94. The van der Waals surface area contributed by atoms with Crippen molar-refractivity contribution >= 4 is 32.5 Å². The number of hydrogen-bond acceptors (Lipinski definition) is 8. The summed E-state index contributed by atoms with van der Waals surface area (Å²) in [5.41, 5.74) is 6.72. The first-order chi connectivity index (χ1) is 19.5. The number of furan rings is 1. The number of carbonyl (C=O) groups is 1. The first-order valence-corrected chi connectivity index (χ1v) is 15.4. The molecule has 1 saturated heterocycles. The second kappa shape index (κ2) is 11.6. The summed E-state index contributed by atoms with van der Waals surface area (Å²) in [6.07, 6.45) is 2.15. The van der Waals surface area contributed by atoms with Gasteiger partial charge in [0.05, 0.1) is 31.3 Å². The number of methoxy groups -OCH3 is 1. The molecule has 1 aromatic heterocycles. The van der Waals surface area contributed by atoms with E-state index >= 15 is 0 Å². The average molecular weight is 578 g/mol. The van der Waals surface area contributed by atoms with Gasteiger partial charge in [-0.15, -0.1) is 0 Å². The number of ether oxygens (including phenoxy) is 2. The van der Waals surface area contributed by atoms with Gasteiger partial charge in [0.1, 0.15) is 23.5 Å². The van der Waals surface area contributed by atoms with Gasteiger partial charge >= 0.3 is 5.97 Å². The Labute approximate surface area is 240 Å². The number of esters is 1. The molecule has 0 atom stereocenters. The van der Waals surface area contributed by atoms with Gasteiger partial charge in [0.2, 0.25) is 0 Å². The summed E-state index contributed by atoms with van der Waals surface area (Å²) in [5.74, 6) is 0.334. The molecule has 4 aromatic rings. The van der Waals surface area contributed by atoms with E-state index in [9.17, 15) is 18.3 Å². The van der Waals surface area contributed by atoms with Gasteiger partial charge in [-0.05, 0) is 84.8 Å². The second-order valence-electron chi connectivity index (χ2n) is 10.9. The van der Waals surface area contributed by atoms with Crippen LogP contribution in [0.4, 0.5) is 5.69 Å². The van der Waals surface area contributed by atoms with Crippen LogP contribution >= 0.6 is 0 Å². The molecule has 0 radical (unpaired) electrons. The van der Waals surface area contributed by atoms with E-state index in [-0.39, 0.29) is 43.3 Å². The van der Waals surface area contributed by atoms with Crippen LogP contribution in [0.5, 0.6) is 5.75 Å². The van der Waals surface area contributed by atoms with Crippen molar-refractivity contribution in [2.24, 2.45) is 0 Å². The summed E-state index contributed by atoms with van der Waals surface area (Å²) in [6, 6.07) is 18.1. The Hall–Kier alpha value is -3.82. The molecule has 0 unspecified atom stereocenters. The van der Waals surface area contributed by atoms with Gasteiger partial charge < -0.3 is 24.3 Å². The third-order valence-electron chi connectivity index (χ3n) is 7.70. The molecule has 0 saturated carbocycles. The highest BCUT2D eigenvalue weighted by molar-refractivity contribution is 7.91. The van der Waals surface area contributed by atoms with Crippen molar-refractivity contribution in [3.05, 3.63) is 83.1 Å². The zero-order valence-corrected chi connectivity index (χ0v) is 24.3. The Morgan fingerprint density at radius 2 is 1.78 bits per heavy atom. The highest BCUT2D eigenvalue weighted by Gasteiger charge is 2.36. The zero-order valence-electron chi connectivity index (χ0n) is 23.5. The van der Waals surface area contributed by atoms with Crippen molar-refractivity contribution in [2.75, 3.05) is 30.5 Å². The highest BCUT2D eigenvalue weighted by Crippen LogP contribution is 2.33. The summed E-state index contributed by atoms with van der Waals surface area (Å²) in [5, 5.41) is 15.1. The largest absolute Gasteiger partial charge is 0.491 e. The molecule has 41 heavy (non-hydrogen) atoms. The van der Waals surface area contributed by atoms with E-state index in [1.807, 2.05) is 50.2 Å². The lowest BCUT2D eigenvalue weighted by molar-refractivity contribution is -0.139. The standard InChI is InChI=1S/C32H35NO7S/c1-21-13-27(40-20-32(35)9-11-41(36,37)12-10-32)14-22(2)31(21)24-6-4-5-23(15-24)18-33-26-7-8-28-25(16-30(34)38-3)19-39-29(28)17-26/h4-8,13-15,17,19,33,35H,9-12,16,18,20H2,1-3H3. The minimum atomic E-state index is -3.06. The van der Waals surface area contributed by atoms with Crippen LogP contribution in [-0.4, -0.2) is 50.3 Å². The van der Waals surface area contributed by atoms with E-state index < -0.39 is 15.4 Å². The highest BCUT2D eigenvalue weighted by atomic mass is 32.2. The number of nitrogens with one attached hydrogen (secondary N) is 1. The normalized spacial score (nSPS) is 15.9. The third kappa shape index (κ3) is 6.74. The Morgan fingerprint density at radius 3 is 2.49 bits per heavy atom. The summed E-state index contributed by atoms with van der Waals surface area (Å²) in [4.78, 5) is 11.6. The van der Waals surface area contributed by atoms with Crippen molar-refractivity contribution in [1.82, 2.24) is 0 Å². The molecule has 0 amide bonds. The van der Waals surface area contributed by atoms with Crippen molar-refractivity contribution in [3.8, 4) is 16.9 Å². The van der Waals surface area contributed by atoms with Gasteiger partial charge in [-0.3, -0.25) is 4.79 Å². The number of carbonyl (C=O) groups excluding carboxylic acids is 1. The van der Waals surface area contributed by atoms with Crippen LogP contribution in [-0.2, 0) is 32.3 Å². The van der Waals surface area contributed by atoms with Crippen LogP contribution < -0.4 is 10.1 Å². The van der Waals surface area contributed by atoms with Gasteiger partial charge in [-0.1, -0.05) is 18.2 Å². The molecule has 3 aromatic carbocycles. The van der Waals surface area contributed by atoms with E-state index in [4.69, 9.17) is 13.9 Å². The average Bonchev–Trinajstić information content (AvgIpc) is 3.34. The lowest BCUT2D eigenvalue weighted by Gasteiger charge is -2.31. The minimum absolute atomic E-state index is 0.00944. The van der Waals surface area contributed by atoms with Crippen LogP contribution in [0.1, 0.15) is 35.1 Å². The quantitative estimate of drug-likeness (QED) is 0.256. The molecule has 216 valence electrons. The molecule has 0 spiro atoms. The monoisotopic (exact) mass is 577 g/mol. The van der Waals surface area contributed by atoms with E-state index in [0.717, 1.165) is 44.5 Å². The van der Waals surface area contributed by atoms with Crippen LogP contribution in [0.2, 0.25) is 0 Å². The molecule has 5 rings (SSSR count). The van der Waals surface area contributed by atoms with E-state index in [0.29, 0.717) is 17.9 Å². The zero-order chi connectivity index (χ0) is 29.2. The fraction of sp³-hybridized carbons (Fsp3) is 0.344. The fourth-order valence-electron chi connectivity index (χ4n) is 5.34. The summed E-state index contributed by atoms with van der Waals surface area (Å²) in [6.45, 7) is 4.76. The summed E-state index contributed by atoms with van der Waals surface area (Å²) >= 11 is 0. The van der Waals surface area contributed by atoms with E-state index in [2.05, 4.69) is 23.5 Å². The molecule has 9 heteroatoms. The first-order valence-electron chi connectivity index (χ1n) is 13.6. The molecule has 1 aliphatic heterocycles. The SMILES string of the molecule is COC(=O)Cc1coc2cc(NCc3cccc(-c4c(C)cc(OCC5(O)CCS(=O)(=O)CC5)cc4C)c3)ccc12. The predicted molar refractivity (Wildman–Crippen MR) is 159 cm³/mol. The molecule has 8 nitrogen and oxygen atoms in total. The third-order valence-corrected chi connectivity index (χ3v) is 9.35. The summed E-state index contributed by atoms with van der Waals surface area (Å²) < 4.78 is 39.8. The van der Waals surface area contributed by atoms with Crippen molar-refractivity contribution in [3.63, 3.8) is 0 Å². The molecule has 1 aliphatic rings. The molecule has 2 heterocycles. The molecular formula is C32H35NO7S. The van der Waals surface area contributed by atoms with Gasteiger partial charge in [0.25, 0.3) is 0 Å². The van der Waals surface area contributed by atoms with Gasteiger partial charge in [-0.25, -0.2) is 8.42 Å². The molecule has 2 N–H and O–H groups in total. The van der Waals surface area contributed by atoms with Gasteiger partial charge in [-0.2, -0.15) is 0 Å². The van der Waals surface area contributed by atoms with Crippen LogP contribution in [0.15, 0.2) is 65.3 Å². The number of fused-ring (bicyclic) bond motifs is 1. The Kier molecular flexibility index (Phi) is 8.11. The number of sulfone groups is 1. The number of hydrogen-bond donors (Lipinski definition) is 2. The van der Waals surface area contributed by atoms with Gasteiger partial charge in [0, 0.05) is 29.2 Å². The molecule has 0 aliphatic carbocycles. The Morgan fingerprint density at radius 1 is 1.05 bits per heavy atom. The first kappa shape index (κ1) is 28.7. The van der Waals surface area contributed by atoms with E-state index in [1.165, 1.54) is 7.11 Å². The number of rotatable bonds is 9.